The molecule has 57 heavy (non-hydrogen) atoms. The van der Waals surface area contributed by atoms with Crippen molar-refractivity contribution >= 4 is 46.1 Å². The molecule has 3 fully saturated rings. The molecule has 2 aliphatic heterocycles. The van der Waals surface area contributed by atoms with E-state index in [1.54, 1.807) is 72.8 Å². The lowest BCUT2D eigenvalue weighted by atomic mass is 9.49. The lowest BCUT2D eigenvalue weighted by Crippen LogP contribution is -2.53. The fourth-order valence-electron chi connectivity index (χ4n) is 9.86. The second-order valence-corrected chi connectivity index (χ2v) is 15.3. The molecule has 11 heteroatoms. The number of carbonyl (C=O) groups excluding carboxylic acids is 4. The van der Waals surface area contributed by atoms with E-state index in [-0.39, 0.29) is 24.3 Å². The Balaban J connectivity index is 1.08. The molecule has 1 aromatic heterocycles. The SMILES string of the molecule is Cc1ccc(NN2C(=O)C3CC4C(=CCC5C(=O)N(c6ccc(-c7nc8ccccc8o7)cc6)C(=O)C54)C(c4cccc(F)c4O)C3(c3ccccc3)C2=O)cc1. The van der Waals surface area contributed by atoms with Gasteiger partial charge in [-0.15, -0.1) is 0 Å². The Labute approximate surface area is 326 Å². The molecule has 3 heterocycles. The number of amides is 4. The minimum Gasteiger partial charge on any atom is -0.505 e. The quantitative estimate of drug-likeness (QED) is 0.130. The van der Waals surface area contributed by atoms with Gasteiger partial charge in [0.15, 0.2) is 17.1 Å². The predicted molar refractivity (Wildman–Crippen MR) is 209 cm³/mol. The van der Waals surface area contributed by atoms with Crippen LogP contribution >= 0.6 is 0 Å². The van der Waals surface area contributed by atoms with Crippen molar-refractivity contribution in [2.24, 2.45) is 23.7 Å². The summed E-state index contributed by atoms with van der Waals surface area (Å²) >= 11 is 0. The summed E-state index contributed by atoms with van der Waals surface area (Å²) in [6.07, 6.45) is 2.11. The standard InChI is InChI=1S/C46H35FN4O6/c1-25-14-18-28(19-15-25)49-51-43(54)34-24-33-30(39(32-10-7-11-35(47)40(32)52)46(34,45(51)56)27-8-3-2-4-9-27)22-23-31-38(33)44(55)50(42(31)53)29-20-16-26(17-21-29)41-48-36-12-5-6-13-37(36)57-41/h2-22,31,33-34,38-39,49,52H,23-24H2,1H3. The number of para-hydroxylation sites is 3. The summed E-state index contributed by atoms with van der Waals surface area (Å²) in [5, 5.41) is 12.5. The van der Waals surface area contributed by atoms with Crippen LogP contribution in [0, 0.1) is 36.4 Å². The van der Waals surface area contributed by atoms with Crippen LogP contribution in [0.5, 0.6) is 5.75 Å². The smallest absolute Gasteiger partial charge is 0.260 e. The zero-order valence-corrected chi connectivity index (χ0v) is 30.6. The second-order valence-electron chi connectivity index (χ2n) is 15.3. The van der Waals surface area contributed by atoms with E-state index in [0.29, 0.717) is 45.1 Å². The van der Waals surface area contributed by atoms with E-state index in [1.165, 1.54) is 11.0 Å². The number of phenols is 1. The van der Waals surface area contributed by atoms with Gasteiger partial charge in [0.1, 0.15) is 5.52 Å². The zero-order valence-electron chi connectivity index (χ0n) is 30.6. The number of nitrogens with one attached hydrogen (secondary N) is 1. The van der Waals surface area contributed by atoms with E-state index in [0.717, 1.165) is 16.6 Å². The molecule has 6 aromatic rings. The van der Waals surface area contributed by atoms with Crippen LogP contribution in [-0.4, -0.2) is 38.7 Å². The first-order valence-electron chi connectivity index (χ1n) is 18.9. The van der Waals surface area contributed by atoms with Crippen molar-refractivity contribution in [2.45, 2.75) is 31.1 Å². The van der Waals surface area contributed by atoms with Gasteiger partial charge in [0.05, 0.1) is 34.5 Å². The number of aromatic hydroxyl groups is 1. The van der Waals surface area contributed by atoms with Crippen molar-refractivity contribution in [1.82, 2.24) is 9.99 Å². The number of nitrogens with zero attached hydrogens (tertiary/aromatic N) is 3. The zero-order chi connectivity index (χ0) is 39.2. The topological polar surface area (TPSA) is 133 Å². The van der Waals surface area contributed by atoms with Gasteiger partial charge in [0.2, 0.25) is 17.7 Å². The Morgan fingerprint density at radius 3 is 2.30 bits per heavy atom. The summed E-state index contributed by atoms with van der Waals surface area (Å²) in [6.45, 7) is 1.93. The molecule has 0 radical (unpaired) electrons. The monoisotopic (exact) mass is 758 g/mol. The molecule has 6 atom stereocenters. The normalized spacial score (nSPS) is 25.4. The second kappa shape index (κ2) is 12.8. The predicted octanol–water partition coefficient (Wildman–Crippen LogP) is 7.84. The van der Waals surface area contributed by atoms with Gasteiger partial charge < -0.3 is 9.52 Å². The van der Waals surface area contributed by atoms with Gasteiger partial charge in [-0.3, -0.25) is 29.5 Å². The molecular weight excluding hydrogens is 724 g/mol. The Hall–Kier alpha value is -6.88. The Morgan fingerprint density at radius 2 is 1.54 bits per heavy atom. The van der Waals surface area contributed by atoms with Gasteiger partial charge >= 0.3 is 0 Å². The maximum Gasteiger partial charge on any atom is 0.260 e. The summed E-state index contributed by atoms with van der Waals surface area (Å²) in [7, 11) is 0. The van der Waals surface area contributed by atoms with Crippen LogP contribution in [0.15, 0.2) is 137 Å². The molecule has 5 aromatic carbocycles. The van der Waals surface area contributed by atoms with Gasteiger partial charge in [-0.25, -0.2) is 9.37 Å². The van der Waals surface area contributed by atoms with Gasteiger partial charge in [-0.2, -0.15) is 5.01 Å². The molecule has 6 unspecified atom stereocenters. The number of phenolic OH excluding ortho intramolecular Hbond substituents is 1. The number of halogens is 1. The third kappa shape index (κ3) is 5.04. The summed E-state index contributed by atoms with van der Waals surface area (Å²) in [4.78, 5) is 64.9. The van der Waals surface area contributed by atoms with E-state index in [9.17, 15) is 19.5 Å². The minimum absolute atomic E-state index is 0.0641. The molecule has 0 spiro atoms. The molecule has 2 saturated heterocycles. The van der Waals surface area contributed by atoms with Crippen LogP contribution in [0.25, 0.3) is 22.6 Å². The van der Waals surface area contributed by atoms with Gasteiger partial charge in [0, 0.05) is 17.0 Å². The molecule has 4 aliphatic rings. The van der Waals surface area contributed by atoms with Gasteiger partial charge in [0.25, 0.3) is 11.8 Å². The lowest BCUT2D eigenvalue weighted by molar-refractivity contribution is -0.138. The number of aryl methyl sites for hydroxylation is 1. The first-order valence-corrected chi connectivity index (χ1v) is 18.9. The largest absolute Gasteiger partial charge is 0.505 e. The minimum atomic E-state index is -1.64. The molecule has 4 amide bonds. The number of rotatable bonds is 6. The van der Waals surface area contributed by atoms with E-state index in [2.05, 4.69) is 10.4 Å². The summed E-state index contributed by atoms with van der Waals surface area (Å²) in [5.41, 5.74) is 6.58. The summed E-state index contributed by atoms with van der Waals surface area (Å²) in [6, 6.07) is 34.6. The average molecular weight is 759 g/mol. The van der Waals surface area contributed by atoms with Crippen LogP contribution in [0.4, 0.5) is 15.8 Å². The maximum absolute atomic E-state index is 15.4. The molecule has 2 aliphatic carbocycles. The van der Waals surface area contributed by atoms with E-state index in [1.807, 2.05) is 49.4 Å². The number of hydrogen-bond donors (Lipinski definition) is 2. The van der Waals surface area contributed by atoms with Crippen molar-refractivity contribution in [3.63, 3.8) is 0 Å². The highest BCUT2D eigenvalue weighted by Gasteiger charge is 2.70. The summed E-state index contributed by atoms with van der Waals surface area (Å²) in [5.74, 6) is -7.38. The number of aromatic nitrogens is 1. The number of allylic oxidation sites excluding steroid dienone is 2. The highest BCUT2D eigenvalue weighted by molar-refractivity contribution is 6.22. The molecule has 0 bridgehead atoms. The number of hydrogen-bond acceptors (Lipinski definition) is 8. The van der Waals surface area contributed by atoms with E-state index < -0.39 is 64.3 Å². The lowest BCUT2D eigenvalue weighted by Gasteiger charge is -2.50. The van der Waals surface area contributed by atoms with Crippen molar-refractivity contribution in [2.75, 3.05) is 10.3 Å². The molecule has 282 valence electrons. The van der Waals surface area contributed by atoms with Crippen LogP contribution in [0.1, 0.15) is 35.4 Å². The first kappa shape index (κ1) is 34.6. The third-order valence-electron chi connectivity index (χ3n) is 12.4. The van der Waals surface area contributed by atoms with Gasteiger partial charge in [-0.1, -0.05) is 83.9 Å². The molecule has 10 rings (SSSR count). The fraction of sp³-hybridized carbons (Fsp3) is 0.196. The number of benzene rings is 5. The Bertz CT molecular complexity index is 2640. The molecule has 10 nitrogen and oxygen atoms in total. The van der Waals surface area contributed by atoms with Crippen molar-refractivity contribution in [3.05, 3.63) is 155 Å². The van der Waals surface area contributed by atoms with Crippen molar-refractivity contribution in [3.8, 4) is 17.2 Å². The third-order valence-corrected chi connectivity index (χ3v) is 12.4. The van der Waals surface area contributed by atoms with Crippen molar-refractivity contribution in [1.29, 1.82) is 0 Å². The number of anilines is 2. The van der Waals surface area contributed by atoms with E-state index >= 15 is 9.18 Å². The van der Waals surface area contributed by atoms with Crippen LogP contribution in [0.3, 0.4) is 0 Å². The average Bonchev–Trinajstić information content (AvgIpc) is 3.85. The van der Waals surface area contributed by atoms with Gasteiger partial charge in [-0.05, 0) is 85.8 Å². The molecule has 1 saturated carbocycles. The number of oxazole rings is 1. The molecular formula is C46H35FN4O6. The van der Waals surface area contributed by atoms with Crippen LogP contribution < -0.4 is 10.3 Å². The number of carbonyl (C=O) groups is 4. The highest BCUT2D eigenvalue weighted by atomic mass is 19.1. The first-order chi connectivity index (χ1) is 27.7. The van der Waals surface area contributed by atoms with E-state index in [4.69, 9.17) is 4.42 Å². The summed E-state index contributed by atoms with van der Waals surface area (Å²) < 4.78 is 21.3. The molecule has 2 N–H and O–H groups in total. The Morgan fingerprint density at radius 1 is 0.807 bits per heavy atom. The Kier molecular flexibility index (Phi) is 7.79. The number of imide groups is 2. The van der Waals surface area contributed by atoms with Crippen molar-refractivity contribution < 1.29 is 33.1 Å². The number of hydrazine groups is 1. The van der Waals surface area contributed by atoms with Crippen LogP contribution in [0.2, 0.25) is 0 Å². The highest BCUT2D eigenvalue weighted by Crippen LogP contribution is 2.65. The van der Waals surface area contributed by atoms with Crippen LogP contribution in [-0.2, 0) is 24.6 Å². The maximum atomic E-state index is 15.4. The fourth-order valence-corrected chi connectivity index (χ4v) is 9.86. The number of fused-ring (bicyclic) bond motifs is 5.